The fourth-order valence-electron chi connectivity index (χ4n) is 3.04. The summed E-state index contributed by atoms with van der Waals surface area (Å²) in [7, 11) is -3.22. The molecule has 2 saturated heterocycles. The number of sulfonamides is 1. The standard InChI is InChI=1S/C16H22N2O4S/c1-13-12-22-10-9-17(13)16(19)14-4-6-15(7-5-14)18-8-2-3-11-23(18,20)21/h4-7,13H,2-3,8-12H2,1H3. The van der Waals surface area contributed by atoms with E-state index in [-0.39, 0.29) is 17.7 Å². The average molecular weight is 338 g/mol. The molecule has 2 heterocycles. The van der Waals surface area contributed by atoms with Gasteiger partial charge in [0, 0.05) is 18.7 Å². The molecule has 23 heavy (non-hydrogen) atoms. The number of nitrogens with zero attached hydrogens (tertiary/aromatic N) is 2. The van der Waals surface area contributed by atoms with E-state index < -0.39 is 10.0 Å². The molecule has 7 heteroatoms. The summed E-state index contributed by atoms with van der Waals surface area (Å²) in [6, 6.07) is 6.93. The van der Waals surface area contributed by atoms with Crippen LogP contribution in [0.1, 0.15) is 30.1 Å². The van der Waals surface area contributed by atoms with Crippen molar-refractivity contribution in [3.63, 3.8) is 0 Å². The molecule has 1 aromatic rings. The molecule has 6 nitrogen and oxygen atoms in total. The number of hydrogen-bond acceptors (Lipinski definition) is 4. The molecule has 0 N–H and O–H groups in total. The molecule has 2 fully saturated rings. The third kappa shape index (κ3) is 3.35. The molecular formula is C16H22N2O4S. The maximum atomic E-state index is 12.6. The first-order valence-electron chi connectivity index (χ1n) is 7.98. The van der Waals surface area contributed by atoms with Crippen LogP contribution in [0.2, 0.25) is 0 Å². The van der Waals surface area contributed by atoms with Gasteiger partial charge in [-0.05, 0) is 44.0 Å². The molecule has 1 amide bonds. The van der Waals surface area contributed by atoms with Gasteiger partial charge in [0.25, 0.3) is 5.91 Å². The normalized spacial score (nSPS) is 24.5. The maximum Gasteiger partial charge on any atom is 0.254 e. The lowest BCUT2D eigenvalue weighted by molar-refractivity contribution is 0.00359. The van der Waals surface area contributed by atoms with Crippen LogP contribution >= 0.6 is 0 Å². The second-order valence-electron chi connectivity index (χ2n) is 6.06. The van der Waals surface area contributed by atoms with Gasteiger partial charge in [-0.2, -0.15) is 0 Å². The first kappa shape index (κ1) is 16.3. The van der Waals surface area contributed by atoms with Crippen LogP contribution in [0.4, 0.5) is 5.69 Å². The zero-order chi connectivity index (χ0) is 16.4. The van der Waals surface area contributed by atoms with Crippen molar-refractivity contribution < 1.29 is 17.9 Å². The Morgan fingerprint density at radius 1 is 1.17 bits per heavy atom. The number of anilines is 1. The molecule has 2 aliphatic rings. The lowest BCUT2D eigenvalue weighted by Crippen LogP contribution is -2.47. The number of rotatable bonds is 2. The summed E-state index contributed by atoms with van der Waals surface area (Å²) in [5.74, 6) is 0.160. The van der Waals surface area contributed by atoms with Gasteiger partial charge in [-0.3, -0.25) is 9.10 Å². The highest BCUT2D eigenvalue weighted by molar-refractivity contribution is 7.92. The van der Waals surface area contributed by atoms with Crippen molar-refractivity contribution in [3.8, 4) is 0 Å². The Labute approximate surface area is 137 Å². The predicted octanol–water partition coefficient (Wildman–Crippen LogP) is 1.48. The van der Waals surface area contributed by atoms with E-state index in [0.29, 0.717) is 44.0 Å². The topological polar surface area (TPSA) is 66.9 Å². The molecule has 1 atom stereocenters. The largest absolute Gasteiger partial charge is 0.377 e. The lowest BCUT2D eigenvalue weighted by Gasteiger charge is -2.33. The van der Waals surface area contributed by atoms with Gasteiger partial charge in [-0.25, -0.2) is 8.42 Å². The van der Waals surface area contributed by atoms with Gasteiger partial charge >= 0.3 is 0 Å². The predicted molar refractivity (Wildman–Crippen MR) is 88.1 cm³/mol. The van der Waals surface area contributed by atoms with Crippen molar-refractivity contribution >= 4 is 21.6 Å². The van der Waals surface area contributed by atoms with Crippen molar-refractivity contribution in [1.29, 1.82) is 0 Å². The number of hydrogen-bond donors (Lipinski definition) is 0. The van der Waals surface area contributed by atoms with E-state index in [1.165, 1.54) is 4.31 Å². The summed E-state index contributed by atoms with van der Waals surface area (Å²) in [6.07, 6.45) is 1.58. The summed E-state index contributed by atoms with van der Waals surface area (Å²) in [6.45, 7) is 4.17. The molecule has 3 rings (SSSR count). The smallest absolute Gasteiger partial charge is 0.254 e. The quantitative estimate of drug-likeness (QED) is 0.819. The van der Waals surface area contributed by atoms with Crippen LogP contribution in [-0.2, 0) is 14.8 Å². The van der Waals surface area contributed by atoms with Gasteiger partial charge in [0.15, 0.2) is 0 Å². The summed E-state index contributed by atoms with van der Waals surface area (Å²) in [5.41, 5.74) is 1.22. The molecule has 1 unspecified atom stereocenters. The zero-order valence-electron chi connectivity index (χ0n) is 13.3. The minimum atomic E-state index is -3.22. The SMILES string of the molecule is CC1COCCN1C(=O)c1ccc(N2CCCCS2(=O)=O)cc1. The highest BCUT2D eigenvalue weighted by Crippen LogP contribution is 2.24. The van der Waals surface area contributed by atoms with Gasteiger partial charge in [0.2, 0.25) is 10.0 Å². The first-order chi connectivity index (χ1) is 11.0. The zero-order valence-corrected chi connectivity index (χ0v) is 14.1. The van der Waals surface area contributed by atoms with Crippen LogP contribution in [0.25, 0.3) is 0 Å². The van der Waals surface area contributed by atoms with Crippen LogP contribution in [0, 0.1) is 0 Å². The van der Waals surface area contributed by atoms with Crippen molar-refractivity contribution in [1.82, 2.24) is 4.90 Å². The molecule has 0 spiro atoms. The summed E-state index contributed by atoms with van der Waals surface area (Å²) in [5, 5.41) is 0. The number of ether oxygens (including phenoxy) is 1. The maximum absolute atomic E-state index is 12.6. The van der Waals surface area contributed by atoms with Crippen LogP contribution in [0.3, 0.4) is 0 Å². The van der Waals surface area contributed by atoms with Gasteiger partial charge < -0.3 is 9.64 Å². The minimum Gasteiger partial charge on any atom is -0.377 e. The van der Waals surface area contributed by atoms with Crippen LogP contribution in [-0.4, -0.2) is 57.3 Å². The second kappa shape index (κ2) is 6.49. The average Bonchev–Trinajstić information content (AvgIpc) is 2.54. The van der Waals surface area contributed by atoms with E-state index in [4.69, 9.17) is 4.74 Å². The van der Waals surface area contributed by atoms with E-state index >= 15 is 0 Å². The number of benzene rings is 1. The fraction of sp³-hybridized carbons (Fsp3) is 0.562. The molecule has 0 aromatic heterocycles. The van der Waals surface area contributed by atoms with Crippen molar-refractivity contribution in [2.24, 2.45) is 0 Å². The van der Waals surface area contributed by atoms with Gasteiger partial charge in [0.05, 0.1) is 30.7 Å². The van der Waals surface area contributed by atoms with Crippen molar-refractivity contribution in [2.45, 2.75) is 25.8 Å². The Kier molecular flexibility index (Phi) is 4.59. The fourth-order valence-corrected chi connectivity index (χ4v) is 4.68. The molecular weight excluding hydrogens is 316 g/mol. The van der Waals surface area contributed by atoms with E-state index in [1.807, 2.05) is 6.92 Å². The van der Waals surface area contributed by atoms with Gasteiger partial charge in [-0.15, -0.1) is 0 Å². The van der Waals surface area contributed by atoms with Crippen molar-refractivity contribution in [3.05, 3.63) is 29.8 Å². The van der Waals surface area contributed by atoms with Crippen LogP contribution in [0.5, 0.6) is 0 Å². The van der Waals surface area contributed by atoms with Crippen LogP contribution in [0.15, 0.2) is 24.3 Å². The molecule has 0 aliphatic carbocycles. The molecule has 0 radical (unpaired) electrons. The Hall–Kier alpha value is -1.60. The Bertz CT molecular complexity index is 672. The van der Waals surface area contributed by atoms with Gasteiger partial charge in [0.1, 0.15) is 0 Å². The third-order valence-electron chi connectivity index (χ3n) is 4.38. The summed E-state index contributed by atoms with van der Waals surface area (Å²) in [4.78, 5) is 14.4. The molecule has 0 saturated carbocycles. The number of amides is 1. The van der Waals surface area contributed by atoms with Crippen LogP contribution < -0.4 is 4.31 Å². The summed E-state index contributed by atoms with van der Waals surface area (Å²) < 4.78 is 31.1. The van der Waals surface area contributed by atoms with E-state index in [1.54, 1.807) is 29.2 Å². The minimum absolute atomic E-state index is 0.0335. The Balaban J connectivity index is 1.78. The Morgan fingerprint density at radius 3 is 2.57 bits per heavy atom. The first-order valence-corrected chi connectivity index (χ1v) is 9.59. The number of morpholine rings is 1. The highest BCUT2D eigenvalue weighted by Gasteiger charge is 2.27. The van der Waals surface area contributed by atoms with Crippen molar-refractivity contribution in [2.75, 3.05) is 36.4 Å². The second-order valence-corrected chi connectivity index (χ2v) is 8.08. The van der Waals surface area contributed by atoms with Gasteiger partial charge in [-0.1, -0.05) is 0 Å². The third-order valence-corrected chi connectivity index (χ3v) is 6.25. The van der Waals surface area contributed by atoms with E-state index in [9.17, 15) is 13.2 Å². The summed E-state index contributed by atoms with van der Waals surface area (Å²) >= 11 is 0. The molecule has 2 aliphatic heterocycles. The Morgan fingerprint density at radius 2 is 1.91 bits per heavy atom. The highest BCUT2D eigenvalue weighted by atomic mass is 32.2. The monoisotopic (exact) mass is 338 g/mol. The molecule has 0 bridgehead atoms. The van der Waals surface area contributed by atoms with E-state index in [0.717, 1.165) is 6.42 Å². The lowest BCUT2D eigenvalue weighted by atomic mass is 10.1. The molecule has 1 aromatic carbocycles. The molecule has 126 valence electrons. The number of carbonyl (C=O) groups excluding carboxylic acids is 1. The van der Waals surface area contributed by atoms with E-state index in [2.05, 4.69) is 0 Å². The number of carbonyl (C=O) groups is 1.